The molecule has 0 aliphatic heterocycles. The van der Waals surface area contributed by atoms with Crippen molar-refractivity contribution in [3.63, 3.8) is 0 Å². The molecule has 116 valence electrons. The second-order valence-electron chi connectivity index (χ2n) is 4.99. The lowest BCUT2D eigenvalue weighted by Gasteiger charge is -2.18. The average molecular weight is 303 g/mol. The van der Waals surface area contributed by atoms with Crippen LogP contribution in [0.1, 0.15) is 6.92 Å². The van der Waals surface area contributed by atoms with Gasteiger partial charge in [-0.3, -0.25) is 10.1 Å². The van der Waals surface area contributed by atoms with E-state index in [-0.39, 0.29) is 12.4 Å². The Morgan fingerprint density at radius 1 is 1.36 bits per heavy atom. The number of nitrogens with one attached hydrogen (secondary N) is 1. The molecule has 7 heteroatoms. The van der Waals surface area contributed by atoms with Gasteiger partial charge < -0.3 is 14.5 Å². The zero-order valence-electron chi connectivity index (χ0n) is 12.3. The smallest absolute Gasteiger partial charge is 0.322 e. The van der Waals surface area contributed by atoms with E-state index in [0.717, 1.165) is 5.56 Å². The summed E-state index contributed by atoms with van der Waals surface area (Å²) in [5.41, 5.74) is 0.850. The highest BCUT2D eigenvalue weighted by Gasteiger charge is 2.18. The first-order valence-electron chi connectivity index (χ1n) is 6.74. The van der Waals surface area contributed by atoms with E-state index >= 15 is 0 Å². The van der Waals surface area contributed by atoms with Crippen LogP contribution in [-0.4, -0.2) is 40.8 Å². The third-order valence-corrected chi connectivity index (χ3v) is 3.12. The van der Waals surface area contributed by atoms with Crippen molar-refractivity contribution in [1.29, 1.82) is 0 Å². The molecule has 7 nitrogen and oxygen atoms in total. The van der Waals surface area contributed by atoms with Crippen LogP contribution < -0.4 is 5.32 Å². The summed E-state index contributed by atoms with van der Waals surface area (Å²) in [6, 6.07) is 10.5. The third kappa shape index (κ3) is 3.85. The van der Waals surface area contributed by atoms with Crippen molar-refractivity contribution in [2.24, 2.45) is 5.92 Å². The number of aliphatic carboxylic acids is 1. The first kappa shape index (κ1) is 15.6. The summed E-state index contributed by atoms with van der Waals surface area (Å²) in [7, 11) is 1.52. The summed E-state index contributed by atoms with van der Waals surface area (Å²) >= 11 is 0. The fourth-order valence-electron chi connectivity index (χ4n) is 1.85. The van der Waals surface area contributed by atoms with Crippen molar-refractivity contribution in [3.05, 3.63) is 36.4 Å². The number of benzene rings is 1. The topological polar surface area (TPSA) is 95.7 Å². The fourth-order valence-corrected chi connectivity index (χ4v) is 1.85. The van der Waals surface area contributed by atoms with Gasteiger partial charge in [0.15, 0.2) is 11.6 Å². The van der Waals surface area contributed by atoms with Crippen LogP contribution in [0.25, 0.3) is 11.3 Å². The van der Waals surface area contributed by atoms with Crippen molar-refractivity contribution in [2.75, 3.05) is 18.9 Å². The summed E-state index contributed by atoms with van der Waals surface area (Å²) in [6.07, 6.45) is 0. The van der Waals surface area contributed by atoms with Gasteiger partial charge in [-0.25, -0.2) is 4.79 Å². The number of aromatic nitrogens is 1. The van der Waals surface area contributed by atoms with Crippen LogP contribution in [0, 0.1) is 5.92 Å². The number of urea groups is 1. The first-order chi connectivity index (χ1) is 10.5. The lowest BCUT2D eigenvalue weighted by molar-refractivity contribution is -0.141. The van der Waals surface area contributed by atoms with Gasteiger partial charge in [0, 0.05) is 25.2 Å². The molecule has 0 saturated carbocycles. The Labute approximate surface area is 127 Å². The molecule has 1 unspecified atom stereocenters. The lowest BCUT2D eigenvalue weighted by atomic mass is 10.2. The molecule has 1 aromatic heterocycles. The average Bonchev–Trinajstić information content (AvgIpc) is 2.96. The van der Waals surface area contributed by atoms with Gasteiger partial charge in [0.1, 0.15) is 0 Å². The maximum atomic E-state index is 12.0. The van der Waals surface area contributed by atoms with E-state index < -0.39 is 17.9 Å². The number of carboxylic acids is 1. The van der Waals surface area contributed by atoms with E-state index in [9.17, 15) is 9.59 Å². The van der Waals surface area contributed by atoms with Gasteiger partial charge >= 0.3 is 12.0 Å². The van der Waals surface area contributed by atoms with Crippen molar-refractivity contribution in [3.8, 4) is 11.3 Å². The number of carboxylic acid groups (broad SMARTS) is 1. The highest BCUT2D eigenvalue weighted by molar-refractivity contribution is 5.88. The van der Waals surface area contributed by atoms with Gasteiger partial charge in [-0.2, -0.15) is 0 Å². The zero-order valence-corrected chi connectivity index (χ0v) is 12.3. The molecular formula is C15H17N3O4. The van der Waals surface area contributed by atoms with E-state index in [1.165, 1.54) is 18.9 Å². The van der Waals surface area contributed by atoms with Gasteiger partial charge in [-0.15, -0.1) is 0 Å². The Hall–Kier alpha value is -2.83. The summed E-state index contributed by atoms with van der Waals surface area (Å²) in [6.45, 7) is 1.64. The highest BCUT2D eigenvalue weighted by atomic mass is 16.5. The highest BCUT2D eigenvalue weighted by Crippen LogP contribution is 2.22. The molecule has 0 fully saturated rings. The minimum Gasteiger partial charge on any atom is -0.481 e. The van der Waals surface area contributed by atoms with Gasteiger partial charge in [-0.05, 0) is 0 Å². The van der Waals surface area contributed by atoms with Crippen LogP contribution in [0.15, 0.2) is 40.9 Å². The normalized spacial score (nSPS) is 11.7. The second kappa shape index (κ2) is 6.75. The molecule has 0 aliphatic rings. The Bertz CT molecular complexity index is 654. The molecular weight excluding hydrogens is 286 g/mol. The molecule has 2 aromatic rings. The quantitative estimate of drug-likeness (QED) is 0.885. The number of anilines is 1. The van der Waals surface area contributed by atoms with E-state index in [1.54, 1.807) is 6.07 Å². The maximum absolute atomic E-state index is 12.0. The summed E-state index contributed by atoms with van der Waals surface area (Å²) in [4.78, 5) is 24.0. The number of hydrogen-bond donors (Lipinski definition) is 2. The van der Waals surface area contributed by atoms with E-state index in [2.05, 4.69) is 10.5 Å². The standard InChI is InChI=1S/C15H17N3O4/c1-10(14(19)20)9-18(2)15(21)16-13-8-12(22-17-13)11-6-4-3-5-7-11/h3-8,10H,9H2,1-2H3,(H,19,20)(H,16,17,21). The molecule has 0 bridgehead atoms. The SMILES string of the molecule is CC(CN(C)C(=O)Nc1cc(-c2ccccc2)on1)C(=O)O. The summed E-state index contributed by atoms with van der Waals surface area (Å²) < 4.78 is 5.17. The minimum atomic E-state index is -0.951. The Kier molecular flexibility index (Phi) is 4.77. The molecule has 2 amide bonds. The predicted molar refractivity (Wildman–Crippen MR) is 80.4 cm³/mol. The number of nitrogens with zero attached hydrogens (tertiary/aromatic N) is 2. The van der Waals surface area contributed by atoms with Gasteiger partial charge in [0.2, 0.25) is 0 Å². The number of hydrogen-bond acceptors (Lipinski definition) is 4. The predicted octanol–water partition coefficient (Wildman–Crippen LogP) is 2.53. The van der Waals surface area contributed by atoms with Crippen molar-refractivity contribution >= 4 is 17.8 Å². The minimum absolute atomic E-state index is 0.102. The molecule has 1 heterocycles. The Morgan fingerprint density at radius 2 is 2.05 bits per heavy atom. The summed E-state index contributed by atoms with van der Waals surface area (Å²) in [5, 5.41) is 15.2. The second-order valence-corrected chi connectivity index (χ2v) is 4.99. The fraction of sp³-hybridized carbons (Fsp3) is 0.267. The maximum Gasteiger partial charge on any atom is 0.322 e. The van der Waals surface area contributed by atoms with Crippen LogP contribution in [0.5, 0.6) is 0 Å². The zero-order chi connectivity index (χ0) is 16.1. The monoisotopic (exact) mass is 303 g/mol. The molecule has 2 rings (SSSR count). The van der Waals surface area contributed by atoms with E-state index in [1.807, 2.05) is 30.3 Å². The van der Waals surface area contributed by atoms with Gasteiger partial charge in [-0.1, -0.05) is 42.4 Å². The molecule has 0 radical (unpaired) electrons. The molecule has 22 heavy (non-hydrogen) atoms. The molecule has 1 aromatic carbocycles. The number of carbonyl (C=O) groups excluding carboxylic acids is 1. The van der Waals surface area contributed by atoms with Crippen LogP contribution in [0.2, 0.25) is 0 Å². The Balaban J connectivity index is 1.98. The van der Waals surface area contributed by atoms with Crippen LogP contribution >= 0.6 is 0 Å². The van der Waals surface area contributed by atoms with Crippen molar-refractivity contribution < 1.29 is 19.2 Å². The van der Waals surface area contributed by atoms with E-state index in [4.69, 9.17) is 9.63 Å². The molecule has 2 N–H and O–H groups in total. The largest absolute Gasteiger partial charge is 0.481 e. The summed E-state index contributed by atoms with van der Waals surface area (Å²) in [5.74, 6) is -0.781. The molecule has 0 saturated heterocycles. The van der Waals surface area contributed by atoms with Gasteiger partial charge in [0.05, 0.1) is 5.92 Å². The Morgan fingerprint density at radius 3 is 2.68 bits per heavy atom. The molecule has 0 aliphatic carbocycles. The van der Waals surface area contributed by atoms with Crippen molar-refractivity contribution in [1.82, 2.24) is 10.1 Å². The van der Waals surface area contributed by atoms with Crippen molar-refractivity contribution in [2.45, 2.75) is 6.92 Å². The van der Waals surface area contributed by atoms with Crippen LogP contribution in [-0.2, 0) is 4.79 Å². The number of rotatable bonds is 5. The van der Waals surface area contributed by atoms with Crippen LogP contribution in [0.4, 0.5) is 10.6 Å². The third-order valence-electron chi connectivity index (χ3n) is 3.12. The lowest BCUT2D eigenvalue weighted by Crippen LogP contribution is -2.36. The number of carbonyl (C=O) groups is 2. The van der Waals surface area contributed by atoms with Gasteiger partial charge in [0.25, 0.3) is 0 Å². The molecule has 0 spiro atoms. The van der Waals surface area contributed by atoms with E-state index in [0.29, 0.717) is 5.76 Å². The number of amides is 2. The van der Waals surface area contributed by atoms with Crippen LogP contribution in [0.3, 0.4) is 0 Å². The molecule has 1 atom stereocenters. The first-order valence-corrected chi connectivity index (χ1v) is 6.74.